The van der Waals surface area contributed by atoms with Gasteiger partial charge >= 0.3 is 5.97 Å². The van der Waals surface area contributed by atoms with Gasteiger partial charge in [-0.25, -0.2) is 9.78 Å². The lowest BCUT2D eigenvalue weighted by atomic mass is 10.1. The minimum absolute atomic E-state index is 0.328. The molecule has 1 fully saturated rings. The summed E-state index contributed by atoms with van der Waals surface area (Å²) >= 11 is 0. The zero-order valence-electron chi connectivity index (χ0n) is 12.7. The third kappa shape index (κ3) is 3.10. The van der Waals surface area contributed by atoms with E-state index < -0.39 is 0 Å². The number of carbonyl (C=O) groups is 1. The van der Waals surface area contributed by atoms with E-state index in [0.29, 0.717) is 11.6 Å². The van der Waals surface area contributed by atoms with Crippen LogP contribution in [0.1, 0.15) is 29.8 Å². The van der Waals surface area contributed by atoms with E-state index in [1.807, 2.05) is 13.0 Å². The molecular weight excluding hydrogens is 254 g/mol. The van der Waals surface area contributed by atoms with Crippen molar-refractivity contribution >= 4 is 11.8 Å². The quantitative estimate of drug-likeness (QED) is 0.787. The summed E-state index contributed by atoms with van der Waals surface area (Å²) in [5.74, 6) is 0.615. The Morgan fingerprint density at radius 3 is 2.45 bits per heavy atom. The SMILES string of the molecule is COC(=O)c1cnc(N2CCN(C(C)C)CC2)cc1C. The van der Waals surface area contributed by atoms with Gasteiger partial charge in [0.2, 0.25) is 0 Å². The van der Waals surface area contributed by atoms with Crippen LogP contribution in [-0.2, 0) is 4.74 Å². The highest BCUT2D eigenvalue weighted by molar-refractivity contribution is 5.90. The van der Waals surface area contributed by atoms with E-state index >= 15 is 0 Å². The molecule has 1 saturated heterocycles. The van der Waals surface area contributed by atoms with E-state index in [4.69, 9.17) is 4.74 Å². The molecule has 2 rings (SSSR count). The number of anilines is 1. The first-order valence-electron chi connectivity index (χ1n) is 7.07. The minimum Gasteiger partial charge on any atom is -0.465 e. The van der Waals surface area contributed by atoms with Crippen LogP contribution in [0.25, 0.3) is 0 Å². The highest BCUT2D eigenvalue weighted by Crippen LogP contribution is 2.18. The third-order valence-corrected chi connectivity index (χ3v) is 3.87. The average Bonchev–Trinajstić information content (AvgIpc) is 2.46. The van der Waals surface area contributed by atoms with E-state index in [1.165, 1.54) is 7.11 Å². The Balaban J connectivity index is 2.08. The molecule has 0 aliphatic carbocycles. The average molecular weight is 277 g/mol. The molecule has 0 unspecified atom stereocenters. The van der Waals surface area contributed by atoms with Crippen LogP contribution in [0.4, 0.5) is 5.82 Å². The molecule has 0 bridgehead atoms. The van der Waals surface area contributed by atoms with E-state index in [1.54, 1.807) is 6.20 Å². The summed E-state index contributed by atoms with van der Waals surface area (Å²) in [5, 5.41) is 0. The molecule has 1 aliphatic rings. The zero-order valence-corrected chi connectivity index (χ0v) is 12.7. The number of methoxy groups -OCH3 is 1. The molecule has 0 atom stereocenters. The number of piperazine rings is 1. The van der Waals surface area contributed by atoms with Crippen molar-refractivity contribution in [3.05, 3.63) is 23.4 Å². The fourth-order valence-corrected chi connectivity index (χ4v) is 2.51. The van der Waals surface area contributed by atoms with Crippen molar-refractivity contribution in [3.63, 3.8) is 0 Å². The number of ether oxygens (including phenoxy) is 1. The molecule has 0 N–H and O–H groups in total. The number of carbonyl (C=O) groups excluding carboxylic acids is 1. The molecule has 2 heterocycles. The van der Waals surface area contributed by atoms with Gasteiger partial charge in [-0.2, -0.15) is 0 Å². The van der Waals surface area contributed by atoms with Crippen molar-refractivity contribution in [2.45, 2.75) is 26.8 Å². The second kappa shape index (κ2) is 6.22. The molecule has 0 aromatic carbocycles. The number of esters is 1. The lowest BCUT2D eigenvalue weighted by Gasteiger charge is -2.37. The van der Waals surface area contributed by atoms with Crippen molar-refractivity contribution in [2.75, 3.05) is 38.2 Å². The Bertz CT molecular complexity index is 480. The van der Waals surface area contributed by atoms with Crippen molar-refractivity contribution < 1.29 is 9.53 Å². The Morgan fingerprint density at radius 2 is 1.95 bits per heavy atom. The summed E-state index contributed by atoms with van der Waals surface area (Å²) < 4.78 is 4.74. The van der Waals surface area contributed by atoms with Crippen LogP contribution in [0.3, 0.4) is 0 Å². The summed E-state index contributed by atoms with van der Waals surface area (Å²) in [6, 6.07) is 2.56. The number of hydrogen-bond donors (Lipinski definition) is 0. The van der Waals surface area contributed by atoms with Crippen LogP contribution in [0.5, 0.6) is 0 Å². The lowest BCUT2D eigenvalue weighted by Crippen LogP contribution is -2.49. The number of pyridine rings is 1. The standard InChI is InChI=1S/C15H23N3O2/c1-11(2)17-5-7-18(8-6-17)14-9-12(3)13(10-16-14)15(19)20-4/h9-11H,5-8H2,1-4H3. The van der Waals surface area contributed by atoms with Gasteiger partial charge in [0.15, 0.2) is 0 Å². The van der Waals surface area contributed by atoms with Crippen molar-refractivity contribution in [1.82, 2.24) is 9.88 Å². The second-order valence-corrected chi connectivity index (χ2v) is 5.47. The fraction of sp³-hybridized carbons (Fsp3) is 0.600. The van der Waals surface area contributed by atoms with Crippen LogP contribution < -0.4 is 4.90 Å². The molecule has 0 saturated carbocycles. The fourth-order valence-electron chi connectivity index (χ4n) is 2.51. The summed E-state index contributed by atoms with van der Waals surface area (Å²) in [5.41, 5.74) is 1.45. The third-order valence-electron chi connectivity index (χ3n) is 3.87. The molecule has 1 aromatic rings. The van der Waals surface area contributed by atoms with Crippen LogP contribution >= 0.6 is 0 Å². The normalized spacial score (nSPS) is 16.6. The molecule has 0 spiro atoms. The maximum atomic E-state index is 11.6. The second-order valence-electron chi connectivity index (χ2n) is 5.47. The number of aryl methyl sites for hydroxylation is 1. The van der Waals surface area contributed by atoms with Gasteiger partial charge in [0.05, 0.1) is 12.7 Å². The molecule has 0 radical (unpaired) electrons. The Hall–Kier alpha value is -1.62. The maximum Gasteiger partial charge on any atom is 0.339 e. The predicted octanol–water partition coefficient (Wildman–Crippen LogP) is 1.71. The van der Waals surface area contributed by atoms with E-state index in [-0.39, 0.29) is 5.97 Å². The summed E-state index contributed by atoms with van der Waals surface area (Å²) in [7, 11) is 1.39. The van der Waals surface area contributed by atoms with Gasteiger partial charge in [-0.15, -0.1) is 0 Å². The first kappa shape index (κ1) is 14.8. The van der Waals surface area contributed by atoms with E-state index in [0.717, 1.165) is 37.6 Å². The first-order chi connectivity index (χ1) is 9.52. The zero-order chi connectivity index (χ0) is 14.7. The van der Waals surface area contributed by atoms with Gasteiger partial charge in [0, 0.05) is 38.4 Å². The minimum atomic E-state index is -0.328. The van der Waals surface area contributed by atoms with Gasteiger partial charge in [0.1, 0.15) is 5.82 Å². The van der Waals surface area contributed by atoms with E-state index in [2.05, 4.69) is 28.6 Å². The van der Waals surface area contributed by atoms with Crippen LogP contribution in [-0.4, -0.2) is 55.2 Å². The first-order valence-corrected chi connectivity index (χ1v) is 7.07. The smallest absolute Gasteiger partial charge is 0.339 e. The highest BCUT2D eigenvalue weighted by Gasteiger charge is 2.20. The van der Waals surface area contributed by atoms with Crippen molar-refractivity contribution in [2.24, 2.45) is 0 Å². The Labute approximate surface area is 120 Å². The number of aromatic nitrogens is 1. The lowest BCUT2D eigenvalue weighted by molar-refractivity contribution is 0.0599. The van der Waals surface area contributed by atoms with Gasteiger partial charge in [-0.3, -0.25) is 4.90 Å². The molecular formula is C15H23N3O2. The molecule has 1 aliphatic heterocycles. The monoisotopic (exact) mass is 277 g/mol. The van der Waals surface area contributed by atoms with Crippen LogP contribution in [0.2, 0.25) is 0 Å². The summed E-state index contributed by atoms with van der Waals surface area (Å²) in [6.45, 7) is 10.4. The molecule has 110 valence electrons. The van der Waals surface area contributed by atoms with Gasteiger partial charge in [-0.05, 0) is 32.4 Å². The topological polar surface area (TPSA) is 45.7 Å². The number of rotatable bonds is 3. The molecule has 5 heteroatoms. The van der Waals surface area contributed by atoms with Crippen molar-refractivity contribution in [1.29, 1.82) is 0 Å². The largest absolute Gasteiger partial charge is 0.465 e. The predicted molar refractivity (Wildman–Crippen MR) is 79.2 cm³/mol. The number of nitrogens with zero attached hydrogens (tertiary/aromatic N) is 3. The van der Waals surface area contributed by atoms with Crippen LogP contribution in [0.15, 0.2) is 12.3 Å². The van der Waals surface area contributed by atoms with Crippen LogP contribution in [0, 0.1) is 6.92 Å². The summed E-state index contributed by atoms with van der Waals surface area (Å²) in [6.07, 6.45) is 1.62. The van der Waals surface area contributed by atoms with Gasteiger partial charge in [0.25, 0.3) is 0 Å². The summed E-state index contributed by atoms with van der Waals surface area (Å²) in [4.78, 5) is 20.7. The maximum absolute atomic E-state index is 11.6. The number of hydrogen-bond acceptors (Lipinski definition) is 5. The van der Waals surface area contributed by atoms with Gasteiger partial charge in [-0.1, -0.05) is 0 Å². The Morgan fingerprint density at radius 1 is 1.30 bits per heavy atom. The van der Waals surface area contributed by atoms with Crippen molar-refractivity contribution in [3.8, 4) is 0 Å². The molecule has 5 nitrogen and oxygen atoms in total. The molecule has 0 amide bonds. The highest BCUT2D eigenvalue weighted by atomic mass is 16.5. The molecule has 20 heavy (non-hydrogen) atoms. The van der Waals surface area contributed by atoms with E-state index in [9.17, 15) is 4.79 Å². The molecule has 1 aromatic heterocycles. The Kier molecular flexibility index (Phi) is 4.60. The van der Waals surface area contributed by atoms with Gasteiger partial charge < -0.3 is 9.64 Å².